The summed E-state index contributed by atoms with van der Waals surface area (Å²) in [4.78, 5) is 14.0. The molecule has 110 valence electrons. The van der Waals surface area contributed by atoms with E-state index in [1.807, 2.05) is 32.0 Å². The quantitative estimate of drug-likeness (QED) is 0.863. The largest absolute Gasteiger partial charge is 0.454 e. The van der Waals surface area contributed by atoms with Crippen LogP contribution in [-0.2, 0) is 11.3 Å². The Bertz CT molecular complexity index is 476. The van der Waals surface area contributed by atoms with E-state index in [4.69, 9.17) is 15.2 Å². The zero-order valence-electron chi connectivity index (χ0n) is 12.1. The maximum atomic E-state index is 12.2. The second-order valence-electron chi connectivity index (χ2n) is 4.94. The van der Waals surface area contributed by atoms with Crippen LogP contribution < -0.4 is 15.2 Å². The minimum atomic E-state index is -0.408. The predicted molar refractivity (Wildman–Crippen MR) is 76.5 cm³/mol. The first-order chi connectivity index (χ1) is 9.65. The van der Waals surface area contributed by atoms with Crippen molar-refractivity contribution in [1.82, 2.24) is 4.90 Å². The summed E-state index contributed by atoms with van der Waals surface area (Å²) in [5.74, 6) is 1.50. The molecule has 1 aromatic carbocycles. The number of carbonyl (C=O) groups excluding carboxylic acids is 1. The molecule has 5 nitrogen and oxygen atoms in total. The third-order valence-electron chi connectivity index (χ3n) is 3.42. The Hall–Kier alpha value is -1.75. The average Bonchev–Trinajstić information content (AvgIpc) is 2.91. The fraction of sp³-hybridized carbons (Fsp3) is 0.533. The standard InChI is InChI=1S/C15H22N2O3/c1-3-5-12(16)15(18)17(4-2)9-11-6-7-13-14(8-11)20-10-19-13/h6-8,12H,3-5,9-10,16H2,1-2H3/t12-/m1/s1. The fourth-order valence-electron chi connectivity index (χ4n) is 2.27. The summed E-state index contributed by atoms with van der Waals surface area (Å²) >= 11 is 0. The second kappa shape index (κ2) is 6.61. The molecular formula is C15H22N2O3. The summed E-state index contributed by atoms with van der Waals surface area (Å²) in [5, 5.41) is 0. The van der Waals surface area contributed by atoms with Gasteiger partial charge < -0.3 is 20.1 Å². The average molecular weight is 278 g/mol. The van der Waals surface area contributed by atoms with Crippen LogP contribution in [0.2, 0.25) is 0 Å². The molecule has 0 aliphatic carbocycles. The van der Waals surface area contributed by atoms with Gasteiger partial charge >= 0.3 is 0 Å². The second-order valence-corrected chi connectivity index (χ2v) is 4.94. The minimum Gasteiger partial charge on any atom is -0.454 e. The Balaban J connectivity index is 2.04. The zero-order chi connectivity index (χ0) is 14.5. The highest BCUT2D eigenvalue weighted by atomic mass is 16.7. The molecule has 0 unspecified atom stereocenters. The van der Waals surface area contributed by atoms with E-state index >= 15 is 0 Å². The van der Waals surface area contributed by atoms with Crippen LogP contribution in [0.5, 0.6) is 11.5 Å². The first-order valence-electron chi connectivity index (χ1n) is 7.08. The van der Waals surface area contributed by atoms with Gasteiger partial charge in [0.1, 0.15) is 0 Å². The van der Waals surface area contributed by atoms with Crippen molar-refractivity contribution in [2.75, 3.05) is 13.3 Å². The number of hydrogen-bond donors (Lipinski definition) is 1. The number of nitrogens with zero attached hydrogens (tertiary/aromatic N) is 1. The van der Waals surface area contributed by atoms with E-state index in [1.165, 1.54) is 0 Å². The minimum absolute atomic E-state index is 0.00650. The van der Waals surface area contributed by atoms with Gasteiger partial charge in [-0.25, -0.2) is 0 Å². The Morgan fingerprint density at radius 1 is 1.35 bits per heavy atom. The predicted octanol–water partition coefficient (Wildman–Crippen LogP) is 1.89. The number of hydrogen-bond acceptors (Lipinski definition) is 4. The molecule has 1 heterocycles. The lowest BCUT2D eigenvalue weighted by molar-refractivity contribution is -0.133. The number of benzene rings is 1. The summed E-state index contributed by atoms with van der Waals surface area (Å²) in [5.41, 5.74) is 6.93. The molecule has 0 aromatic heterocycles. The summed E-state index contributed by atoms with van der Waals surface area (Å²) in [7, 11) is 0. The molecule has 0 bridgehead atoms. The summed E-state index contributed by atoms with van der Waals surface area (Å²) < 4.78 is 10.6. The van der Waals surface area contributed by atoms with E-state index in [0.29, 0.717) is 13.1 Å². The zero-order valence-corrected chi connectivity index (χ0v) is 12.1. The smallest absolute Gasteiger partial charge is 0.239 e. The molecule has 0 radical (unpaired) electrons. The molecule has 1 atom stereocenters. The maximum Gasteiger partial charge on any atom is 0.239 e. The van der Waals surface area contributed by atoms with Gasteiger partial charge in [0.15, 0.2) is 11.5 Å². The van der Waals surface area contributed by atoms with E-state index in [0.717, 1.165) is 29.9 Å². The van der Waals surface area contributed by atoms with E-state index < -0.39 is 6.04 Å². The lowest BCUT2D eigenvalue weighted by Gasteiger charge is -2.24. The highest BCUT2D eigenvalue weighted by Crippen LogP contribution is 2.32. The molecule has 20 heavy (non-hydrogen) atoms. The van der Waals surface area contributed by atoms with Gasteiger partial charge in [-0.05, 0) is 31.0 Å². The molecule has 0 spiro atoms. The molecule has 1 amide bonds. The molecule has 5 heteroatoms. The summed E-state index contributed by atoms with van der Waals surface area (Å²) in [6.45, 7) is 5.44. The number of ether oxygens (including phenoxy) is 2. The number of amides is 1. The van der Waals surface area contributed by atoms with Crippen molar-refractivity contribution >= 4 is 5.91 Å². The van der Waals surface area contributed by atoms with Crippen LogP contribution in [0.1, 0.15) is 32.3 Å². The first kappa shape index (κ1) is 14.7. The van der Waals surface area contributed by atoms with Crippen molar-refractivity contribution in [2.24, 2.45) is 5.73 Å². The van der Waals surface area contributed by atoms with Crippen LogP contribution in [-0.4, -0.2) is 30.2 Å². The summed E-state index contributed by atoms with van der Waals surface area (Å²) in [6.07, 6.45) is 1.63. The van der Waals surface area contributed by atoms with E-state index in [9.17, 15) is 4.79 Å². The molecule has 0 fully saturated rings. The number of carbonyl (C=O) groups is 1. The number of fused-ring (bicyclic) bond motifs is 1. The molecule has 0 saturated carbocycles. The molecule has 2 rings (SSSR count). The molecule has 1 aliphatic heterocycles. The van der Waals surface area contributed by atoms with Crippen molar-refractivity contribution in [2.45, 2.75) is 39.3 Å². The third-order valence-corrected chi connectivity index (χ3v) is 3.42. The number of likely N-dealkylation sites (N-methyl/N-ethyl adjacent to an activating group) is 1. The van der Waals surface area contributed by atoms with Crippen LogP contribution in [0.25, 0.3) is 0 Å². The van der Waals surface area contributed by atoms with Crippen molar-refractivity contribution in [1.29, 1.82) is 0 Å². The van der Waals surface area contributed by atoms with Crippen LogP contribution in [0.15, 0.2) is 18.2 Å². The SMILES string of the molecule is CCC[C@@H](N)C(=O)N(CC)Cc1ccc2c(c1)OCO2. The van der Waals surface area contributed by atoms with Crippen LogP contribution >= 0.6 is 0 Å². The monoisotopic (exact) mass is 278 g/mol. The maximum absolute atomic E-state index is 12.2. The van der Waals surface area contributed by atoms with E-state index in [1.54, 1.807) is 4.90 Å². The van der Waals surface area contributed by atoms with Gasteiger partial charge in [-0.2, -0.15) is 0 Å². The highest BCUT2D eigenvalue weighted by Gasteiger charge is 2.20. The molecular weight excluding hydrogens is 256 g/mol. The van der Waals surface area contributed by atoms with Gasteiger partial charge in [0.05, 0.1) is 6.04 Å². The van der Waals surface area contributed by atoms with Crippen LogP contribution in [0.3, 0.4) is 0 Å². The van der Waals surface area contributed by atoms with Crippen molar-refractivity contribution in [3.63, 3.8) is 0 Å². The first-order valence-corrected chi connectivity index (χ1v) is 7.08. The van der Waals surface area contributed by atoms with Gasteiger partial charge in [0.2, 0.25) is 12.7 Å². The third kappa shape index (κ3) is 3.22. The van der Waals surface area contributed by atoms with Gasteiger partial charge in [0, 0.05) is 13.1 Å². The summed E-state index contributed by atoms with van der Waals surface area (Å²) in [6, 6.07) is 5.34. The van der Waals surface area contributed by atoms with Gasteiger partial charge in [-0.15, -0.1) is 0 Å². The fourth-order valence-corrected chi connectivity index (χ4v) is 2.27. The normalized spacial score (nSPS) is 14.2. The Morgan fingerprint density at radius 2 is 2.10 bits per heavy atom. The van der Waals surface area contributed by atoms with Crippen molar-refractivity contribution in [3.05, 3.63) is 23.8 Å². The number of nitrogens with two attached hydrogens (primary N) is 1. The Morgan fingerprint density at radius 3 is 2.80 bits per heavy atom. The number of rotatable bonds is 6. The van der Waals surface area contributed by atoms with Gasteiger partial charge in [0.25, 0.3) is 0 Å². The Kier molecular flexibility index (Phi) is 4.84. The highest BCUT2D eigenvalue weighted by molar-refractivity contribution is 5.81. The van der Waals surface area contributed by atoms with E-state index in [2.05, 4.69) is 0 Å². The molecule has 2 N–H and O–H groups in total. The lowest BCUT2D eigenvalue weighted by atomic mass is 10.1. The Labute approximate surface area is 119 Å². The van der Waals surface area contributed by atoms with Crippen molar-refractivity contribution < 1.29 is 14.3 Å². The van der Waals surface area contributed by atoms with Crippen molar-refractivity contribution in [3.8, 4) is 11.5 Å². The topological polar surface area (TPSA) is 64.8 Å². The molecule has 0 saturated heterocycles. The molecule has 1 aromatic rings. The van der Waals surface area contributed by atoms with Crippen LogP contribution in [0.4, 0.5) is 0 Å². The lowest BCUT2D eigenvalue weighted by Crippen LogP contribution is -2.43. The molecule has 1 aliphatic rings. The van der Waals surface area contributed by atoms with Gasteiger partial charge in [-0.3, -0.25) is 4.79 Å². The van der Waals surface area contributed by atoms with Crippen LogP contribution in [0, 0.1) is 0 Å². The van der Waals surface area contributed by atoms with Gasteiger partial charge in [-0.1, -0.05) is 19.4 Å². The van der Waals surface area contributed by atoms with E-state index in [-0.39, 0.29) is 12.7 Å².